The summed E-state index contributed by atoms with van der Waals surface area (Å²) in [5.41, 5.74) is 1.67. The Hall–Kier alpha value is -2.60. The van der Waals surface area contributed by atoms with Crippen LogP contribution < -0.4 is 0 Å². The van der Waals surface area contributed by atoms with Gasteiger partial charge in [-0.2, -0.15) is 0 Å². The van der Waals surface area contributed by atoms with Crippen LogP contribution in [0.1, 0.15) is 15.2 Å². The summed E-state index contributed by atoms with van der Waals surface area (Å²) < 4.78 is 0. The highest BCUT2D eigenvalue weighted by molar-refractivity contribution is 7.10. The second-order valence-electron chi connectivity index (χ2n) is 6.18. The summed E-state index contributed by atoms with van der Waals surface area (Å²) in [7, 11) is 0. The van der Waals surface area contributed by atoms with Crippen LogP contribution in [0, 0.1) is 0 Å². The molecule has 5 nitrogen and oxygen atoms in total. The minimum atomic E-state index is 0.0304. The molecular formula is C19H19N3O2S. The molecule has 4 rings (SSSR count). The lowest BCUT2D eigenvalue weighted by Crippen LogP contribution is -2.50. The summed E-state index contributed by atoms with van der Waals surface area (Å²) in [6.07, 6.45) is 2.23. The van der Waals surface area contributed by atoms with E-state index >= 15 is 0 Å². The number of benzene rings is 1. The lowest BCUT2D eigenvalue weighted by atomic mass is 10.1. The number of rotatable bonds is 3. The van der Waals surface area contributed by atoms with Gasteiger partial charge in [0.15, 0.2) is 0 Å². The Balaban J connectivity index is 1.40. The Bertz CT molecular complexity index is 892. The minimum Gasteiger partial charge on any atom is -0.360 e. The molecule has 3 heterocycles. The number of amides is 2. The van der Waals surface area contributed by atoms with Crippen molar-refractivity contribution < 1.29 is 9.59 Å². The topological polar surface area (TPSA) is 56.4 Å². The maximum Gasteiger partial charge on any atom is 0.256 e. The van der Waals surface area contributed by atoms with Crippen LogP contribution in [-0.4, -0.2) is 52.8 Å². The van der Waals surface area contributed by atoms with Gasteiger partial charge in [0.2, 0.25) is 5.91 Å². The lowest BCUT2D eigenvalue weighted by Gasteiger charge is -2.34. The molecule has 1 fully saturated rings. The smallest absolute Gasteiger partial charge is 0.256 e. The van der Waals surface area contributed by atoms with Crippen LogP contribution in [0.5, 0.6) is 0 Å². The molecule has 2 aromatic heterocycles. The number of carbonyl (C=O) groups excluding carboxylic acids is 2. The van der Waals surface area contributed by atoms with Crippen molar-refractivity contribution in [2.24, 2.45) is 0 Å². The Morgan fingerprint density at radius 3 is 2.52 bits per heavy atom. The highest BCUT2D eigenvalue weighted by Crippen LogP contribution is 2.20. The zero-order chi connectivity index (χ0) is 17.2. The molecule has 0 bridgehead atoms. The molecule has 0 radical (unpaired) electrons. The van der Waals surface area contributed by atoms with E-state index in [1.54, 1.807) is 17.5 Å². The van der Waals surface area contributed by atoms with Gasteiger partial charge in [-0.05, 0) is 17.5 Å². The number of hydrogen-bond acceptors (Lipinski definition) is 3. The van der Waals surface area contributed by atoms with E-state index in [-0.39, 0.29) is 11.8 Å². The number of H-pyrrole nitrogens is 1. The number of piperazine rings is 1. The lowest BCUT2D eigenvalue weighted by molar-refractivity contribution is -0.131. The molecule has 1 saturated heterocycles. The first kappa shape index (κ1) is 15.9. The van der Waals surface area contributed by atoms with Gasteiger partial charge in [0, 0.05) is 48.2 Å². The number of nitrogens with one attached hydrogen (secondary N) is 1. The van der Waals surface area contributed by atoms with Gasteiger partial charge in [-0.15, -0.1) is 11.3 Å². The Kier molecular flexibility index (Phi) is 4.28. The van der Waals surface area contributed by atoms with Crippen LogP contribution in [0.2, 0.25) is 0 Å². The minimum absolute atomic E-state index is 0.0304. The van der Waals surface area contributed by atoms with Crippen molar-refractivity contribution in [1.82, 2.24) is 14.8 Å². The molecule has 1 N–H and O–H groups in total. The van der Waals surface area contributed by atoms with E-state index in [2.05, 4.69) is 4.98 Å². The summed E-state index contributed by atoms with van der Waals surface area (Å²) in [5.74, 6) is 0.171. The van der Waals surface area contributed by atoms with Crippen LogP contribution in [0.15, 0.2) is 48.0 Å². The summed E-state index contributed by atoms with van der Waals surface area (Å²) in [6.45, 7) is 2.35. The summed E-state index contributed by atoms with van der Waals surface area (Å²) >= 11 is 1.60. The quantitative estimate of drug-likeness (QED) is 0.787. The fourth-order valence-electron chi connectivity index (χ4n) is 3.25. The van der Waals surface area contributed by atoms with Crippen molar-refractivity contribution in [3.8, 4) is 0 Å². The van der Waals surface area contributed by atoms with Gasteiger partial charge in [0.25, 0.3) is 5.91 Å². The second-order valence-corrected chi connectivity index (χ2v) is 7.21. The van der Waals surface area contributed by atoms with Crippen LogP contribution in [0.3, 0.4) is 0 Å². The van der Waals surface area contributed by atoms with Crippen molar-refractivity contribution >= 4 is 34.1 Å². The Morgan fingerprint density at radius 1 is 1.00 bits per heavy atom. The molecule has 1 aliphatic heterocycles. The SMILES string of the molecule is O=C(Cc1cccs1)N1CCN(C(=O)c2c[nH]c3ccccc23)CC1. The predicted molar refractivity (Wildman–Crippen MR) is 98.8 cm³/mol. The van der Waals surface area contributed by atoms with Gasteiger partial charge >= 0.3 is 0 Å². The summed E-state index contributed by atoms with van der Waals surface area (Å²) in [6, 6.07) is 11.8. The zero-order valence-electron chi connectivity index (χ0n) is 13.8. The number of fused-ring (bicyclic) bond motifs is 1. The molecule has 0 saturated carbocycles. The maximum absolute atomic E-state index is 12.8. The molecule has 1 aliphatic rings. The molecule has 0 aliphatic carbocycles. The van der Waals surface area contributed by atoms with Crippen molar-refractivity contribution in [2.45, 2.75) is 6.42 Å². The summed E-state index contributed by atoms with van der Waals surface area (Å²) in [4.78, 5) is 33.1. The third-order valence-electron chi connectivity index (χ3n) is 4.64. The number of thiophene rings is 1. The Labute approximate surface area is 149 Å². The summed E-state index contributed by atoms with van der Waals surface area (Å²) in [5, 5.41) is 2.93. The van der Waals surface area contributed by atoms with E-state index in [9.17, 15) is 9.59 Å². The molecule has 0 unspecified atom stereocenters. The van der Waals surface area contributed by atoms with Crippen molar-refractivity contribution in [3.63, 3.8) is 0 Å². The maximum atomic E-state index is 12.8. The van der Waals surface area contributed by atoms with E-state index in [4.69, 9.17) is 0 Å². The molecule has 25 heavy (non-hydrogen) atoms. The van der Waals surface area contributed by atoms with Crippen LogP contribution >= 0.6 is 11.3 Å². The molecule has 6 heteroatoms. The third-order valence-corrected chi connectivity index (χ3v) is 5.52. The molecule has 3 aromatic rings. The number of para-hydroxylation sites is 1. The third kappa shape index (κ3) is 3.17. The highest BCUT2D eigenvalue weighted by atomic mass is 32.1. The molecule has 1 aromatic carbocycles. The highest BCUT2D eigenvalue weighted by Gasteiger charge is 2.26. The number of nitrogens with zero attached hydrogens (tertiary/aromatic N) is 2. The number of carbonyl (C=O) groups is 2. The van der Waals surface area contributed by atoms with Crippen molar-refractivity contribution in [1.29, 1.82) is 0 Å². The van der Waals surface area contributed by atoms with Crippen LogP contribution in [0.4, 0.5) is 0 Å². The molecule has 128 valence electrons. The molecule has 0 spiro atoms. The molecule has 2 amide bonds. The molecular weight excluding hydrogens is 334 g/mol. The number of aromatic amines is 1. The van der Waals surface area contributed by atoms with Gasteiger partial charge in [-0.25, -0.2) is 0 Å². The predicted octanol–water partition coefficient (Wildman–Crippen LogP) is 2.76. The van der Waals surface area contributed by atoms with Crippen molar-refractivity contribution in [2.75, 3.05) is 26.2 Å². The largest absolute Gasteiger partial charge is 0.360 e. The number of hydrogen-bond donors (Lipinski definition) is 1. The number of aromatic nitrogens is 1. The Morgan fingerprint density at radius 2 is 1.76 bits per heavy atom. The fourth-order valence-corrected chi connectivity index (χ4v) is 3.95. The zero-order valence-corrected chi connectivity index (χ0v) is 14.6. The van der Waals surface area contributed by atoms with Gasteiger partial charge < -0.3 is 14.8 Å². The van der Waals surface area contributed by atoms with Crippen LogP contribution in [-0.2, 0) is 11.2 Å². The van der Waals surface area contributed by atoms with E-state index in [1.165, 1.54) is 0 Å². The van der Waals surface area contributed by atoms with E-state index in [0.717, 1.165) is 15.8 Å². The van der Waals surface area contributed by atoms with Crippen LogP contribution in [0.25, 0.3) is 10.9 Å². The van der Waals surface area contributed by atoms with E-state index in [1.807, 2.05) is 51.6 Å². The standard InChI is InChI=1S/C19H19N3O2S/c23-18(12-14-4-3-11-25-14)21-7-9-22(10-8-21)19(24)16-13-20-17-6-2-1-5-15(16)17/h1-6,11,13,20H,7-10,12H2. The average Bonchev–Trinajstić information content (AvgIpc) is 3.31. The van der Waals surface area contributed by atoms with Gasteiger partial charge in [-0.1, -0.05) is 24.3 Å². The van der Waals surface area contributed by atoms with Crippen molar-refractivity contribution in [3.05, 3.63) is 58.4 Å². The first-order chi connectivity index (χ1) is 12.2. The first-order valence-electron chi connectivity index (χ1n) is 8.38. The average molecular weight is 353 g/mol. The monoisotopic (exact) mass is 353 g/mol. The van der Waals surface area contributed by atoms with Gasteiger partial charge in [0.05, 0.1) is 12.0 Å². The first-order valence-corrected chi connectivity index (χ1v) is 9.26. The fraction of sp³-hybridized carbons (Fsp3) is 0.263. The second kappa shape index (κ2) is 6.72. The van der Waals surface area contributed by atoms with E-state index < -0.39 is 0 Å². The van der Waals surface area contributed by atoms with Gasteiger partial charge in [0.1, 0.15) is 0 Å². The molecule has 0 atom stereocenters. The van der Waals surface area contributed by atoms with E-state index in [0.29, 0.717) is 38.2 Å². The van der Waals surface area contributed by atoms with Gasteiger partial charge in [-0.3, -0.25) is 9.59 Å². The normalized spacial score (nSPS) is 14.9.